The molecule has 1 aromatic heterocycles. The smallest absolute Gasteiger partial charge is 0.160 e. The zero-order valence-electron chi connectivity index (χ0n) is 39.6. The van der Waals surface area contributed by atoms with Crippen molar-refractivity contribution in [3.63, 3.8) is 0 Å². The van der Waals surface area contributed by atoms with E-state index in [9.17, 15) is 0 Å². The van der Waals surface area contributed by atoms with E-state index >= 15 is 0 Å². The molecule has 2 heteroatoms. The van der Waals surface area contributed by atoms with Gasteiger partial charge in [-0.1, -0.05) is 261 Å². The molecular formula is C70H48N2. The van der Waals surface area contributed by atoms with Crippen LogP contribution >= 0.6 is 0 Å². The normalized spacial score (nSPS) is 11.1. The second kappa shape index (κ2) is 19.8. The van der Waals surface area contributed by atoms with Crippen molar-refractivity contribution in [2.24, 2.45) is 0 Å². The Bertz CT molecular complexity index is 3620. The van der Waals surface area contributed by atoms with Crippen molar-refractivity contribution in [3.05, 3.63) is 291 Å². The largest absolute Gasteiger partial charge is 0.228 e. The summed E-state index contributed by atoms with van der Waals surface area (Å²) in [7, 11) is 0. The average Bonchev–Trinajstić information content (AvgIpc) is 3.48. The zero-order valence-corrected chi connectivity index (χ0v) is 39.6. The van der Waals surface area contributed by atoms with Crippen LogP contribution in [-0.4, -0.2) is 9.97 Å². The molecular weight excluding hydrogens is 869 g/mol. The second-order valence-corrected chi connectivity index (χ2v) is 18.0. The van der Waals surface area contributed by atoms with Crippen LogP contribution in [0.5, 0.6) is 0 Å². The molecule has 0 saturated carbocycles. The van der Waals surface area contributed by atoms with Gasteiger partial charge in [0.2, 0.25) is 0 Å². The van der Waals surface area contributed by atoms with Crippen LogP contribution in [0.4, 0.5) is 0 Å². The van der Waals surface area contributed by atoms with Gasteiger partial charge in [-0.15, -0.1) is 0 Å². The molecule has 0 N–H and O–H groups in total. The second-order valence-electron chi connectivity index (χ2n) is 18.0. The van der Waals surface area contributed by atoms with Crippen LogP contribution in [0.25, 0.3) is 123 Å². The van der Waals surface area contributed by atoms with E-state index in [1.54, 1.807) is 0 Å². The average molecular weight is 917 g/mol. The molecule has 0 radical (unpaired) electrons. The minimum atomic E-state index is 0.648. The number of aromatic nitrogens is 2. The summed E-state index contributed by atoms with van der Waals surface area (Å²) in [6, 6.07) is 104. The quantitative estimate of drug-likeness (QED) is 0.129. The summed E-state index contributed by atoms with van der Waals surface area (Å²) in [5, 5.41) is 0. The van der Waals surface area contributed by atoms with Crippen molar-refractivity contribution in [3.8, 4) is 123 Å². The number of hydrogen-bond acceptors (Lipinski definition) is 2. The third-order valence-corrected chi connectivity index (χ3v) is 13.5. The van der Waals surface area contributed by atoms with Crippen molar-refractivity contribution in [1.82, 2.24) is 9.97 Å². The lowest BCUT2D eigenvalue weighted by Gasteiger charge is -2.29. The fraction of sp³-hybridized carbons (Fsp3) is 0. The van der Waals surface area contributed by atoms with E-state index in [0.717, 1.165) is 100 Å². The molecule has 72 heavy (non-hydrogen) atoms. The lowest BCUT2D eigenvalue weighted by atomic mass is 9.74. The van der Waals surface area contributed by atoms with Gasteiger partial charge in [0, 0.05) is 16.7 Å². The predicted molar refractivity (Wildman–Crippen MR) is 302 cm³/mol. The monoisotopic (exact) mass is 916 g/mol. The molecule has 12 aromatic rings. The standard InChI is InChI=1S/C70H48N2/c1-9-26-49(27-10-1)59-45-60(50-28-11-2-12-29-50)47-61(46-59)63-48-62(51-30-13-3-14-31-51)71-70(72-63)58-43-25-42-57(44-58)69-67(55-38-21-7-22-39-55)65(53-34-17-5-18-35-53)64(52-32-15-4-16-33-52)66(54-36-19-6-20-37-54)68(69)56-40-23-8-24-41-56/h1-48H. The van der Waals surface area contributed by atoms with Gasteiger partial charge in [-0.2, -0.15) is 0 Å². The molecule has 0 spiro atoms. The van der Waals surface area contributed by atoms with Crippen molar-refractivity contribution >= 4 is 0 Å². The summed E-state index contributed by atoms with van der Waals surface area (Å²) in [6.45, 7) is 0. The van der Waals surface area contributed by atoms with Crippen LogP contribution in [0.3, 0.4) is 0 Å². The predicted octanol–water partition coefficient (Wildman–Crippen LogP) is 18.8. The molecule has 0 aliphatic carbocycles. The van der Waals surface area contributed by atoms with Crippen molar-refractivity contribution in [1.29, 1.82) is 0 Å². The van der Waals surface area contributed by atoms with E-state index in [0.29, 0.717) is 5.82 Å². The maximum atomic E-state index is 5.54. The van der Waals surface area contributed by atoms with Crippen LogP contribution in [0.15, 0.2) is 291 Å². The molecule has 12 rings (SSSR count). The molecule has 0 aliphatic heterocycles. The molecule has 1 heterocycles. The van der Waals surface area contributed by atoms with Crippen LogP contribution in [-0.2, 0) is 0 Å². The SMILES string of the molecule is c1ccc(-c2cc(-c3ccccc3)cc(-c3cc(-c4ccccc4)nc(-c4cccc(-c5c(-c6ccccc6)c(-c6ccccc6)c(-c6ccccc6)c(-c6ccccc6)c5-c5ccccc5)c4)n3)c2)cc1. The van der Waals surface area contributed by atoms with E-state index in [4.69, 9.17) is 9.97 Å². The first kappa shape index (κ1) is 43.8. The maximum absolute atomic E-state index is 5.54. The fourth-order valence-corrected chi connectivity index (χ4v) is 10.2. The lowest BCUT2D eigenvalue weighted by Crippen LogP contribution is -2.02. The van der Waals surface area contributed by atoms with Gasteiger partial charge in [0.1, 0.15) is 0 Å². The zero-order chi connectivity index (χ0) is 48.1. The number of nitrogens with zero attached hydrogens (tertiary/aromatic N) is 2. The van der Waals surface area contributed by atoms with E-state index in [1.165, 1.54) is 16.7 Å². The van der Waals surface area contributed by atoms with Crippen LogP contribution < -0.4 is 0 Å². The highest BCUT2D eigenvalue weighted by molar-refractivity contribution is 6.15. The summed E-state index contributed by atoms with van der Waals surface area (Å²) >= 11 is 0. The van der Waals surface area contributed by atoms with Gasteiger partial charge in [-0.05, 0) is 119 Å². The Labute approximate surface area is 421 Å². The van der Waals surface area contributed by atoms with Gasteiger partial charge in [0.15, 0.2) is 5.82 Å². The third kappa shape index (κ3) is 8.75. The highest BCUT2D eigenvalue weighted by Gasteiger charge is 2.29. The highest BCUT2D eigenvalue weighted by Crippen LogP contribution is 2.56. The Hall–Kier alpha value is -9.50. The van der Waals surface area contributed by atoms with E-state index in [-0.39, 0.29) is 0 Å². The third-order valence-electron chi connectivity index (χ3n) is 13.5. The van der Waals surface area contributed by atoms with E-state index in [1.807, 2.05) is 0 Å². The van der Waals surface area contributed by atoms with Gasteiger partial charge >= 0.3 is 0 Å². The fourth-order valence-electron chi connectivity index (χ4n) is 10.2. The molecule has 0 atom stereocenters. The summed E-state index contributed by atoms with van der Waals surface area (Å²) in [5.41, 5.74) is 22.9. The first-order chi connectivity index (χ1) is 35.7. The highest BCUT2D eigenvalue weighted by atomic mass is 14.9. The van der Waals surface area contributed by atoms with Crippen LogP contribution in [0, 0.1) is 0 Å². The Morgan fingerprint density at radius 1 is 0.153 bits per heavy atom. The maximum Gasteiger partial charge on any atom is 0.160 e. The molecule has 11 aromatic carbocycles. The summed E-state index contributed by atoms with van der Waals surface area (Å²) < 4.78 is 0. The van der Waals surface area contributed by atoms with Gasteiger partial charge in [-0.3, -0.25) is 0 Å². The van der Waals surface area contributed by atoms with Crippen molar-refractivity contribution in [2.45, 2.75) is 0 Å². The number of rotatable bonds is 11. The molecule has 0 aliphatic rings. The molecule has 0 unspecified atom stereocenters. The molecule has 0 bridgehead atoms. The lowest BCUT2D eigenvalue weighted by molar-refractivity contribution is 1.18. The van der Waals surface area contributed by atoms with Crippen molar-refractivity contribution < 1.29 is 0 Å². The Morgan fingerprint density at radius 3 is 0.736 bits per heavy atom. The van der Waals surface area contributed by atoms with Crippen LogP contribution in [0.2, 0.25) is 0 Å². The van der Waals surface area contributed by atoms with Crippen molar-refractivity contribution in [2.75, 3.05) is 0 Å². The Morgan fingerprint density at radius 2 is 0.389 bits per heavy atom. The topological polar surface area (TPSA) is 25.8 Å². The summed E-state index contributed by atoms with van der Waals surface area (Å²) in [4.78, 5) is 11.0. The van der Waals surface area contributed by atoms with Gasteiger partial charge in [0.25, 0.3) is 0 Å². The molecule has 0 saturated heterocycles. The van der Waals surface area contributed by atoms with E-state index < -0.39 is 0 Å². The molecule has 0 amide bonds. The first-order valence-electron chi connectivity index (χ1n) is 24.6. The van der Waals surface area contributed by atoms with Gasteiger partial charge in [-0.25, -0.2) is 9.97 Å². The van der Waals surface area contributed by atoms with Gasteiger partial charge in [0.05, 0.1) is 11.4 Å². The minimum absolute atomic E-state index is 0.648. The van der Waals surface area contributed by atoms with Gasteiger partial charge < -0.3 is 0 Å². The van der Waals surface area contributed by atoms with E-state index in [2.05, 4.69) is 291 Å². The molecule has 2 nitrogen and oxygen atoms in total. The Balaban J connectivity index is 1.17. The molecule has 338 valence electrons. The number of benzene rings is 11. The summed E-state index contributed by atoms with van der Waals surface area (Å²) in [6.07, 6.45) is 0. The molecule has 0 fully saturated rings. The Kier molecular flexibility index (Phi) is 12.1. The summed E-state index contributed by atoms with van der Waals surface area (Å²) in [5.74, 6) is 0.648. The number of hydrogen-bond donors (Lipinski definition) is 0. The van der Waals surface area contributed by atoms with Crippen LogP contribution in [0.1, 0.15) is 0 Å². The first-order valence-corrected chi connectivity index (χ1v) is 24.6. The minimum Gasteiger partial charge on any atom is -0.228 e.